The van der Waals surface area contributed by atoms with Crippen molar-refractivity contribution in [3.05, 3.63) is 42.0 Å². The molecule has 0 atom stereocenters. The summed E-state index contributed by atoms with van der Waals surface area (Å²) in [6.45, 7) is 0. The first-order chi connectivity index (χ1) is 9.95. The van der Waals surface area contributed by atoms with E-state index in [1.165, 1.54) is 24.3 Å². The monoisotopic (exact) mass is 310 g/mol. The highest BCUT2D eigenvalue weighted by Gasteiger charge is 2.37. The van der Waals surface area contributed by atoms with Crippen LogP contribution in [0.2, 0.25) is 0 Å². The number of hydrogen-bond donors (Lipinski definition) is 1. The number of carbonyl (C=O) groups is 1. The van der Waals surface area contributed by atoms with Gasteiger partial charge in [-0.1, -0.05) is 0 Å². The molecule has 1 saturated carbocycles. The molecule has 0 bridgehead atoms. The largest absolute Gasteiger partial charge is 0.286 e. The zero-order valence-corrected chi connectivity index (χ0v) is 11.5. The first-order valence-electron chi connectivity index (χ1n) is 6.20. The van der Waals surface area contributed by atoms with Gasteiger partial charge in [0.15, 0.2) is 5.69 Å². The number of aromatic nitrogens is 3. The van der Waals surface area contributed by atoms with E-state index in [9.17, 15) is 17.6 Å². The normalized spacial score (nSPS) is 14.9. The summed E-state index contributed by atoms with van der Waals surface area (Å²) in [6, 6.07) is 5.35. The Hall–Kier alpha value is -2.29. The number of halogens is 1. The smallest absolute Gasteiger partial charge is 0.266 e. The SMILES string of the molecule is O=C(NS(=O)(=O)C1CC1)c1cnn(-c2ccc(F)cc2)n1. The van der Waals surface area contributed by atoms with Crippen molar-refractivity contribution in [2.45, 2.75) is 18.1 Å². The fourth-order valence-corrected chi connectivity index (χ4v) is 3.00. The highest BCUT2D eigenvalue weighted by molar-refractivity contribution is 7.91. The lowest BCUT2D eigenvalue weighted by atomic mass is 10.3. The topological polar surface area (TPSA) is 94.0 Å². The molecule has 21 heavy (non-hydrogen) atoms. The average Bonchev–Trinajstić information content (AvgIpc) is 3.18. The zero-order chi connectivity index (χ0) is 15.0. The van der Waals surface area contributed by atoms with Crippen LogP contribution >= 0.6 is 0 Å². The van der Waals surface area contributed by atoms with Crippen molar-refractivity contribution in [3.63, 3.8) is 0 Å². The van der Waals surface area contributed by atoms with Gasteiger partial charge in [-0.05, 0) is 37.1 Å². The molecular weight excluding hydrogens is 299 g/mol. The lowest BCUT2D eigenvalue weighted by molar-refractivity contribution is 0.0976. The Balaban J connectivity index is 1.78. The van der Waals surface area contributed by atoms with Gasteiger partial charge in [0.25, 0.3) is 5.91 Å². The molecular formula is C12H11FN4O3S. The predicted molar refractivity (Wildman–Crippen MR) is 70.7 cm³/mol. The van der Waals surface area contributed by atoms with Gasteiger partial charge in [-0.3, -0.25) is 4.79 Å². The van der Waals surface area contributed by atoms with Gasteiger partial charge in [0, 0.05) is 0 Å². The Morgan fingerprint density at radius 1 is 1.29 bits per heavy atom. The molecule has 1 N–H and O–H groups in total. The molecule has 1 heterocycles. The van der Waals surface area contributed by atoms with E-state index in [4.69, 9.17) is 0 Å². The zero-order valence-electron chi connectivity index (χ0n) is 10.7. The number of rotatable bonds is 4. The summed E-state index contributed by atoms with van der Waals surface area (Å²) in [5.41, 5.74) is 0.337. The highest BCUT2D eigenvalue weighted by Crippen LogP contribution is 2.27. The van der Waals surface area contributed by atoms with Crippen LogP contribution in [0.1, 0.15) is 23.3 Å². The van der Waals surface area contributed by atoms with E-state index in [1.807, 2.05) is 4.72 Å². The van der Waals surface area contributed by atoms with E-state index in [1.54, 1.807) is 0 Å². The second kappa shape index (κ2) is 4.92. The second-order valence-electron chi connectivity index (χ2n) is 4.67. The van der Waals surface area contributed by atoms with Crippen LogP contribution < -0.4 is 4.72 Å². The van der Waals surface area contributed by atoms with Crippen molar-refractivity contribution in [3.8, 4) is 5.69 Å². The lowest BCUT2D eigenvalue weighted by Gasteiger charge is -2.02. The summed E-state index contributed by atoms with van der Waals surface area (Å²) in [6.07, 6.45) is 2.27. The minimum absolute atomic E-state index is 0.122. The van der Waals surface area contributed by atoms with Crippen molar-refractivity contribution in [2.75, 3.05) is 0 Å². The minimum Gasteiger partial charge on any atom is -0.266 e. The van der Waals surface area contributed by atoms with Gasteiger partial charge in [-0.25, -0.2) is 17.5 Å². The van der Waals surface area contributed by atoms with Crippen molar-refractivity contribution in [1.82, 2.24) is 19.7 Å². The molecule has 110 valence electrons. The van der Waals surface area contributed by atoms with E-state index >= 15 is 0 Å². The number of nitrogens with zero attached hydrogens (tertiary/aromatic N) is 3. The molecule has 0 unspecified atom stereocenters. The minimum atomic E-state index is -3.62. The lowest BCUT2D eigenvalue weighted by Crippen LogP contribution is -2.33. The number of hydrogen-bond acceptors (Lipinski definition) is 5. The number of amides is 1. The highest BCUT2D eigenvalue weighted by atomic mass is 32.2. The Morgan fingerprint density at radius 2 is 1.95 bits per heavy atom. The molecule has 7 nitrogen and oxygen atoms in total. The summed E-state index contributed by atoms with van der Waals surface area (Å²) in [4.78, 5) is 12.9. The van der Waals surface area contributed by atoms with Gasteiger partial charge < -0.3 is 0 Å². The number of carbonyl (C=O) groups excluding carboxylic acids is 1. The van der Waals surface area contributed by atoms with Crippen LogP contribution in [-0.4, -0.2) is 34.6 Å². The third-order valence-electron chi connectivity index (χ3n) is 2.98. The molecule has 2 aromatic rings. The van der Waals surface area contributed by atoms with Crippen LogP contribution in [0.5, 0.6) is 0 Å². The van der Waals surface area contributed by atoms with Crippen LogP contribution in [0.3, 0.4) is 0 Å². The standard InChI is InChI=1S/C12H11FN4O3S/c13-8-1-3-9(4-2-8)17-14-7-11(15-17)12(18)16-21(19,20)10-5-6-10/h1-4,7,10H,5-6H2,(H,16,18). The molecule has 3 rings (SSSR count). The third-order valence-corrected chi connectivity index (χ3v) is 4.80. The van der Waals surface area contributed by atoms with Crippen molar-refractivity contribution in [2.24, 2.45) is 0 Å². The fraction of sp³-hybridized carbons (Fsp3) is 0.250. The van der Waals surface area contributed by atoms with Crippen LogP contribution in [-0.2, 0) is 10.0 Å². The average molecular weight is 310 g/mol. The maximum atomic E-state index is 12.8. The molecule has 9 heteroatoms. The van der Waals surface area contributed by atoms with E-state index in [-0.39, 0.29) is 5.69 Å². The molecule has 1 amide bonds. The molecule has 0 saturated heterocycles. The molecule has 0 radical (unpaired) electrons. The van der Waals surface area contributed by atoms with Gasteiger partial charge in [-0.15, -0.1) is 5.10 Å². The molecule has 0 aliphatic heterocycles. The van der Waals surface area contributed by atoms with Gasteiger partial charge >= 0.3 is 0 Å². The Bertz CT molecular complexity index is 781. The maximum Gasteiger partial charge on any atom is 0.286 e. The van der Waals surface area contributed by atoms with E-state index < -0.39 is 27.0 Å². The quantitative estimate of drug-likeness (QED) is 0.894. The van der Waals surface area contributed by atoms with E-state index in [2.05, 4.69) is 10.2 Å². The van der Waals surface area contributed by atoms with Crippen molar-refractivity contribution < 1.29 is 17.6 Å². The first-order valence-corrected chi connectivity index (χ1v) is 7.74. The Kier molecular flexibility index (Phi) is 3.20. The molecule has 1 fully saturated rings. The number of benzene rings is 1. The third kappa shape index (κ3) is 2.92. The predicted octanol–water partition coefficient (Wildman–Crippen LogP) is 0.628. The van der Waals surface area contributed by atoms with Crippen molar-refractivity contribution >= 4 is 15.9 Å². The number of sulfonamides is 1. The van der Waals surface area contributed by atoms with Gasteiger partial charge in [0.05, 0.1) is 17.1 Å². The van der Waals surface area contributed by atoms with Crippen LogP contribution in [0, 0.1) is 5.82 Å². The summed E-state index contributed by atoms with van der Waals surface area (Å²) in [5, 5.41) is 7.24. The van der Waals surface area contributed by atoms with Gasteiger partial charge in [0.2, 0.25) is 10.0 Å². The van der Waals surface area contributed by atoms with Crippen LogP contribution in [0.4, 0.5) is 4.39 Å². The summed E-state index contributed by atoms with van der Waals surface area (Å²) < 4.78 is 38.1. The maximum absolute atomic E-state index is 12.8. The van der Waals surface area contributed by atoms with Gasteiger partial charge in [0.1, 0.15) is 5.82 Å². The fourth-order valence-electron chi connectivity index (χ4n) is 1.71. The van der Waals surface area contributed by atoms with Crippen LogP contribution in [0.25, 0.3) is 5.69 Å². The molecule has 1 aliphatic rings. The second-order valence-corrected chi connectivity index (χ2v) is 6.63. The van der Waals surface area contributed by atoms with Gasteiger partial charge in [-0.2, -0.15) is 9.90 Å². The summed E-state index contributed by atoms with van der Waals surface area (Å²) in [7, 11) is -3.62. The first kappa shape index (κ1) is 13.7. The molecule has 1 aliphatic carbocycles. The van der Waals surface area contributed by atoms with Crippen LogP contribution in [0.15, 0.2) is 30.5 Å². The summed E-state index contributed by atoms with van der Waals surface area (Å²) in [5.74, 6) is -1.23. The molecule has 1 aromatic carbocycles. The Morgan fingerprint density at radius 3 is 2.57 bits per heavy atom. The van der Waals surface area contributed by atoms with Crippen molar-refractivity contribution in [1.29, 1.82) is 0 Å². The molecule has 1 aromatic heterocycles. The van der Waals surface area contributed by atoms with E-state index in [0.29, 0.717) is 18.5 Å². The van der Waals surface area contributed by atoms with E-state index in [0.717, 1.165) is 11.0 Å². The summed E-state index contributed by atoms with van der Waals surface area (Å²) >= 11 is 0. The number of nitrogens with one attached hydrogen (secondary N) is 1. The Labute approximate surface area is 119 Å². The molecule has 0 spiro atoms.